The first kappa shape index (κ1) is 110. The number of benzene rings is 8. The minimum Gasteiger partial charge on any atom is -0.497 e. The average Bonchev–Trinajstić information content (AvgIpc) is 1.59. The maximum absolute atomic E-state index is 13.8. The van der Waals surface area contributed by atoms with Gasteiger partial charge in [0.05, 0.1) is 88.2 Å². The second-order valence-electron chi connectivity index (χ2n) is 37.0. The molecule has 0 bridgehead atoms. The number of aliphatic hydroxyl groups is 2. The smallest absolute Gasteiger partial charge is 0.269 e. The number of anilines is 3. The molecule has 0 saturated heterocycles. The predicted molar refractivity (Wildman–Crippen MR) is 535 cm³/mol. The minimum absolute atomic E-state index is 0.0118. The summed E-state index contributed by atoms with van der Waals surface area (Å²) in [7, 11) is 3.37. The summed E-state index contributed by atoms with van der Waals surface area (Å²) in [5.41, 5.74) is 5.55. The van der Waals surface area contributed by atoms with E-state index >= 15 is 0 Å². The van der Waals surface area contributed by atoms with E-state index in [1.807, 2.05) is 180 Å². The van der Waals surface area contributed by atoms with Crippen molar-refractivity contribution in [2.45, 2.75) is 266 Å². The third kappa shape index (κ3) is 28.9. The Labute approximate surface area is 790 Å². The van der Waals surface area contributed by atoms with Crippen LogP contribution in [0, 0.1) is 31.8 Å². The van der Waals surface area contributed by atoms with Crippen molar-refractivity contribution >= 4 is 74.7 Å². The first-order valence-electron chi connectivity index (χ1n) is 47.2. The van der Waals surface area contributed by atoms with Gasteiger partial charge in [0.25, 0.3) is 5.69 Å². The lowest BCUT2D eigenvalue weighted by atomic mass is 9.68. The highest BCUT2D eigenvalue weighted by Gasteiger charge is 2.52. The average molecular weight is 1900 g/mol. The zero-order valence-electron chi connectivity index (χ0n) is 81.7. The lowest BCUT2D eigenvalue weighted by molar-refractivity contribution is -0.385. The number of aldehydes is 2. The number of aliphatic hydroxyl groups excluding tert-OH is 2. The van der Waals surface area contributed by atoms with E-state index < -0.39 is 90.0 Å². The Balaban J connectivity index is 0.000000240. The Morgan fingerprint density at radius 2 is 0.689 bits per heavy atom. The summed E-state index contributed by atoms with van der Waals surface area (Å²) in [6.45, 7) is 16.6. The minimum atomic E-state index is -3.88. The van der Waals surface area contributed by atoms with E-state index in [0.717, 1.165) is 177 Å². The van der Waals surface area contributed by atoms with Crippen LogP contribution in [0.3, 0.4) is 0 Å². The Morgan fingerprint density at radius 3 is 0.970 bits per heavy atom. The summed E-state index contributed by atoms with van der Waals surface area (Å²) in [5, 5.41) is 35.5. The molecule has 132 heavy (non-hydrogen) atoms. The Kier molecular flexibility index (Phi) is 42.4. The van der Waals surface area contributed by atoms with Crippen LogP contribution < -0.4 is 33.6 Å². The number of carbonyl (C=O) groups is 2. The third-order valence-corrected chi connectivity index (χ3v) is 34.5. The van der Waals surface area contributed by atoms with Crippen molar-refractivity contribution in [1.29, 1.82) is 0 Å². The van der Waals surface area contributed by atoms with Gasteiger partial charge in [-0.2, -0.15) is 0 Å². The molecule has 22 nitrogen and oxygen atoms in total. The van der Waals surface area contributed by atoms with Gasteiger partial charge in [0.2, 0.25) is 0 Å². The lowest BCUT2D eigenvalue weighted by Gasteiger charge is -2.40. The van der Waals surface area contributed by atoms with E-state index in [-0.39, 0.29) is 40.0 Å². The van der Waals surface area contributed by atoms with Gasteiger partial charge in [-0.05, 0) is 218 Å². The number of nitrogens with zero attached hydrogens (tertiary/aromatic N) is 4. The molecule has 2 N–H and O–H groups in total. The molecule has 2 aliphatic rings. The van der Waals surface area contributed by atoms with Crippen molar-refractivity contribution < 1.29 is 77.3 Å². The zero-order chi connectivity index (χ0) is 97.4. The monoisotopic (exact) mass is 1890 g/mol. The second-order valence-corrected chi connectivity index (χ2v) is 44.8. The number of methoxy groups -OCH3 is 4. The van der Waals surface area contributed by atoms with Crippen LogP contribution in [0.1, 0.15) is 266 Å². The van der Waals surface area contributed by atoms with Crippen LogP contribution in [0.5, 0.6) is 23.0 Å². The Bertz CT molecular complexity index is 5250. The molecule has 2 unspecified atom stereocenters. The van der Waals surface area contributed by atoms with Crippen molar-refractivity contribution in [1.82, 2.24) is 0 Å². The molecule has 4 atom stereocenters. The van der Waals surface area contributed by atoms with E-state index in [9.17, 15) is 63.6 Å². The summed E-state index contributed by atoms with van der Waals surface area (Å²) >= 11 is 0. The summed E-state index contributed by atoms with van der Waals surface area (Å²) < 4.78 is 131. The fraction of sp³-hybridized carbons (Fsp3) is 0.528. The standard InChI is InChI=1S/3C27H39NO4S.C25H33NO6S/c2*1-6-8-16-27(17-9-7-2)19-33(30,31)24-15-12-21(28(3)4)18-23(24)25(26(27)29)20-10-13-22(32-5)14-11-20;1-6-8-16-27(20-29,17-9-7-2)21-33(30,31)26-15-12-24(28(3)4)19-23(26)18-22-10-13-25(32-5)14-11-22;1-4-6-14-25(18-27,15-7-5-2)19-33(30,31)24-13-10-22(26(28)29)17-21(24)16-20-8-11-23(32-3)12-9-20/h2*10-15,18,25-26,29H,6-9,16-17,19H2,1-5H3;10-15,19-20H,6-9,16-18,21H2,1-5H3;8-13,17-18H,4-7,14-16,19H2,1-3H3/t25-,26-;;;/m0.../s1. The number of sulfone groups is 4. The van der Waals surface area contributed by atoms with Gasteiger partial charge in [-0.1, -0.05) is 207 Å². The molecule has 10 rings (SSSR count). The number of ether oxygens (including phenoxy) is 4. The number of rotatable bonds is 46. The topological polar surface area (TPSA) is 301 Å². The van der Waals surface area contributed by atoms with Crippen LogP contribution in [-0.4, -0.2) is 167 Å². The van der Waals surface area contributed by atoms with E-state index in [1.54, 1.807) is 70.9 Å². The van der Waals surface area contributed by atoms with Crippen LogP contribution in [0.25, 0.3) is 0 Å². The molecule has 0 radical (unpaired) electrons. The Hall–Kier alpha value is -9.18. The number of nitro groups is 1. The lowest BCUT2D eigenvalue weighted by Crippen LogP contribution is -2.43. The fourth-order valence-electron chi connectivity index (χ4n) is 18.6. The molecule has 0 aromatic heterocycles. The number of hydrogen-bond acceptors (Lipinski definition) is 21. The second kappa shape index (κ2) is 51.0. The molecule has 2 heterocycles. The number of non-ortho nitro benzene ring substituents is 1. The van der Waals surface area contributed by atoms with E-state index in [2.05, 4.69) is 41.5 Å². The SMILES string of the molecule is CCCCC(C=O)(CCCC)CS(=O)(=O)c1ccc(N(C)C)cc1Cc1ccc(OC)cc1.CCCCC(C=O)(CCCC)CS(=O)(=O)c1ccc([N+](=O)[O-])cc1Cc1ccc(OC)cc1.CCCCC1(CCCC)CS(=O)(=O)c2ccc(N(C)C)cc2C(c2ccc(OC)cc2)C1O.CCCCC1(CCCC)CS(=O)(=O)c2ccc(N(C)C)cc2[C@H](c2ccc(OC)cc2)[C@@H]1O. The summed E-state index contributed by atoms with van der Waals surface area (Å²) in [5.74, 6) is 1.57. The number of hydrogen-bond donors (Lipinski definition) is 2. The van der Waals surface area contributed by atoms with Crippen molar-refractivity contribution in [3.05, 3.63) is 224 Å². The van der Waals surface area contributed by atoms with Crippen molar-refractivity contribution in [3.8, 4) is 23.0 Å². The van der Waals surface area contributed by atoms with Gasteiger partial charge in [-0.15, -0.1) is 0 Å². The van der Waals surface area contributed by atoms with Crippen LogP contribution in [0.15, 0.2) is 189 Å². The van der Waals surface area contributed by atoms with Gasteiger partial charge in [0.15, 0.2) is 39.3 Å². The molecule has 0 fully saturated rings. The molecule has 8 aromatic carbocycles. The van der Waals surface area contributed by atoms with Gasteiger partial charge in [-0.3, -0.25) is 10.1 Å². The maximum Gasteiger partial charge on any atom is 0.269 e. The number of unbranched alkanes of at least 4 members (excludes halogenated alkanes) is 8. The maximum atomic E-state index is 13.8. The van der Waals surface area contributed by atoms with Gasteiger partial charge in [0, 0.05) is 105 Å². The molecule has 26 heteroatoms. The number of fused-ring (bicyclic) bond motifs is 2. The highest BCUT2D eigenvalue weighted by molar-refractivity contribution is 7.92. The first-order chi connectivity index (χ1) is 62.8. The quantitative estimate of drug-likeness (QED) is 0.0203. The highest BCUT2D eigenvalue weighted by atomic mass is 32.2. The summed E-state index contributed by atoms with van der Waals surface area (Å²) in [4.78, 5) is 42.2. The predicted octanol–water partition coefficient (Wildman–Crippen LogP) is 22.0. The molecule has 8 aromatic rings. The molecule has 0 spiro atoms. The normalized spacial score (nSPS) is 16.5. The highest BCUT2D eigenvalue weighted by Crippen LogP contribution is 2.53. The fourth-order valence-corrected chi connectivity index (χ4v) is 27.1. The Morgan fingerprint density at radius 1 is 0.409 bits per heavy atom. The van der Waals surface area contributed by atoms with E-state index in [0.29, 0.717) is 94.9 Å². The van der Waals surface area contributed by atoms with Gasteiger partial charge < -0.3 is 53.4 Å². The summed E-state index contributed by atoms with van der Waals surface area (Å²) in [6, 6.07) is 50.6. The largest absolute Gasteiger partial charge is 0.497 e. The number of carbonyl (C=O) groups excluding carboxylic acids is 2. The summed E-state index contributed by atoms with van der Waals surface area (Å²) in [6.07, 6.45) is 20.1. The van der Waals surface area contributed by atoms with Crippen molar-refractivity contribution in [3.63, 3.8) is 0 Å². The molecule has 726 valence electrons. The van der Waals surface area contributed by atoms with Gasteiger partial charge in [-0.25, -0.2) is 33.7 Å². The van der Waals surface area contributed by atoms with E-state index in [4.69, 9.17) is 18.9 Å². The molecular formula is C106H150N4O18S4. The van der Waals surface area contributed by atoms with E-state index in [1.165, 1.54) is 18.2 Å². The first-order valence-corrected chi connectivity index (χ1v) is 53.8. The molecular weight excluding hydrogens is 1750 g/mol. The molecule has 0 aliphatic carbocycles. The molecule has 0 saturated carbocycles. The molecule has 0 amide bonds. The van der Waals surface area contributed by atoms with Gasteiger partial charge >= 0.3 is 0 Å². The third-order valence-electron chi connectivity index (χ3n) is 26.4. The van der Waals surface area contributed by atoms with Crippen LogP contribution in [0.2, 0.25) is 0 Å². The number of nitro benzene ring substituents is 1. The van der Waals surface area contributed by atoms with Gasteiger partial charge in [0.1, 0.15) is 35.6 Å². The van der Waals surface area contributed by atoms with Crippen LogP contribution in [0.4, 0.5) is 22.7 Å². The zero-order valence-corrected chi connectivity index (χ0v) is 85.0. The van der Waals surface area contributed by atoms with Crippen LogP contribution in [-0.2, 0) is 61.8 Å². The van der Waals surface area contributed by atoms with Crippen molar-refractivity contribution in [2.24, 2.45) is 21.7 Å². The van der Waals surface area contributed by atoms with Crippen LogP contribution >= 0.6 is 0 Å². The molecule has 2 aliphatic heterocycles. The van der Waals surface area contributed by atoms with Crippen molar-refractivity contribution in [2.75, 3.05) is 108 Å².